The fraction of sp³-hybridized carbons (Fsp3) is 0.435. The van der Waals surface area contributed by atoms with Crippen LogP contribution in [0.5, 0.6) is 5.75 Å². The predicted octanol–water partition coefficient (Wildman–Crippen LogP) is 3.24. The molecule has 0 saturated heterocycles. The standard InChI is InChI=1S/C23H29N5O4/c1-3-4-16-28-21(29)14-13-19(26-28)23(30)24-15-7-5-6-8-20-25-22(27-32-20)17-9-11-18(31-2)12-10-17/h9-14H,3-8,15-16H2,1-2H3,(H,24,30). The van der Waals surface area contributed by atoms with E-state index in [0.29, 0.717) is 31.2 Å². The number of unbranched alkanes of at least 4 members (excludes halogenated alkanes) is 3. The highest BCUT2D eigenvalue weighted by Crippen LogP contribution is 2.20. The first-order valence-electron chi connectivity index (χ1n) is 10.9. The first-order valence-corrected chi connectivity index (χ1v) is 10.9. The van der Waals surface area contributed by atoms with Crippen LogP contribution in [0.25, 0.3) is 11.4 Å². The second-order valence-electron chi connectivity index (χ2n) is 7.44. The molecule has 0 saturated carbocycles. The number of carbonyl (C=O) groups excluding carboxylic acids is 1. The van der Waals surface area contributed by atoms with Crippen molar-refractivity contribution in [3.8, 4) is 17.1 Å². The molecular formula is C23H29N5O4. The third kappa shape index (κ3) is 6.50. The summed E-state index contributed by atoms with van der Waals surface area (Å²) >= 11 is 0. The number of ether oxygens (including phenoxy) is 1. The number of carbonyl (C=O) groups is 1. The van der Waals surface area contributed by atoms with Crippen LogP contribution in [0.15, 0.2) is 45.7 Å². The van der Waals surface area contributed by atoms with Gasteiger partial charge in [0, 0.05) is 31.1 Å². The number of methoxy groups -OCH3 is 1. The van der Waals surface area contributed by atoms with Gasteiger partial charge in [0.2, 0.25) is 11.7 Å². The fourth-order valence-electron chi connectivity index (χ4n) is 3.12. The van der Waals surface area contributed by atoms with Crippen molar-refractivity contribution in [2.45, 2.75) is 52.0 Å². The molecule has 0 radical (unpaired) electrons. The Morgan fingerprint density at radius 1 is 1.09 bits per heavy atom. The molecule has 3 rings (SSSR count). The Hall–Kier alpha value is -3.49. The van der Waals surface area contributed by atoms with Gasteiger partial charge in [-0.15, -0.1) is 0 Å². The van der Waals surface area contributed by atoms with Gasteiger partial charge in [0.25, 0.3) is 11.5 Å². The van der Waals surface area contributed by atoms with Crippen LogP contribution in [0.1, 0.15) is 55.4 Å². The lowest BCUT2D eigenvalue weighted by atomic mass is 10.2. The molecule has 0 aliphatic rings. The molecule has 1 N–H and O–H groups in total. The first kappa shape index (κ1) is 23.2. The summed E-state index contributed by atoms with van der Waals surface area (Å²) in [6.07, 6.45) is 5.09. The van der Waals surface area contributed by atoms with Gasteiger partial charge in [-0.2, -0.15) is 10.1 Å². The summed E-state index contributed by atoms with van der Waals surface area (Å²) in [5, 5.41) is 11.0. The topological polar surface area (TPSA) is 112 Å². The Morgan fingerprint density at radius 3 is 2.66 bits per heavy atom. The van der Waals surface area contributed by atoms with E-state index in [0.717, 1.165) is 43.4 Å². The molecule has 32 heavy (non-hydrogen) atoms. The van der Waals surface area contributed by atoms with Gasteiger partial charge in [-0.3, -0.25) is 9.59 Å². The normalized spacial score (nSPS) is 10.8. The van der Waals surface area contributed by atoms with Crippen LogP contribution in [0.2, 0.25) is 0 Å². The molecule has 0 bridgehead atoms. The summed E-state index contributed by atoms with van der Waals surface area (Å²) in [4.78, 5) is 28.5. The summed E-state index contributed by atoms with van der Waals surface area (Å²) in [6, 6.07) is 10.4. The van der Waals surface area contributed by atoms with Crippen molar-refractivity contribution in [2.24, 2.45) is 0 Å². The second-order valence-corrected chi connectivity index (χ2v) is 7.44. The maximum absolute atomic E-state index is 12.3. The lowest BCUT2D eigenvalue weighted by molar-refractivity contribution is 0.0945. The summed E-state index contributed by atoms with van der Waals surface area (Å²) < 4.78 is 11.8. The lowest BCUT2D eigenvalue weighted by Crippen LogP contribution is -2.30. The van der Waals surface area contributed by atoms with Gasteiger partial charge in [0.1, 0.15) is 11.4 Å². The van der Waals surface area contributed by atoms with Crippen molar-refractivity contribution < 1.29 is 14.1 Å². The molecule has 3 aromatic rings. The molecule has 0 unspecified atom stereocenters. The number of aromatic nitrogens is 4. The van der Waals surface area contributed by atoms with Gasteiger partial charge in [0.05, 0.1) is 7.11 Å². The third-order valence-electron chi connectivity index (χ3n) is 4.99. The number of aryl methyl sites for hydroxylation is 2. The van der Waals surface area contributed by atoms with Gasteiger partial charge in [-0.25, -0.2) is 4.68 Å². The molecule has 1 amide bonds. The fourth-order valence-corrected chi connectivity index (χ4v) is 3.12. The Bertz CT molecular complexity index is 1060. The van der Waals surface area contributed by atoms with Crippen LogP contribution in [0, 0.1) is 0 Å². The minimum absolute atomic E-state index is 0.189. The minimum Gasteiger partial charge on any atom is -0.497 e. The summed E-state index contributed by atoms with van der Waals surface area (Å²) in [6.45, 7) is 3.10. The van der Waals surface area contributed by atoms with Gasteiger partial charge in [0.15, 0.2) is 0 Å². The number of rotatable bonds is 12. The molecule has 2 heterocycles. The predicted molar refractivity (Wildman–Crippen MR) is 120 cm³/mol. The third-order valence-corrected chi connectivity index (χ3v) is 4.99. The summed E-state index contributed by atoms with van der Waals surface area (Å²) in [5.41, 5.74) is 0.946. The van der Waals surface area contributed by atoms with Crippen molar-refractivity contribution in [3.63, 3.8) is 0 Å². The summed E-state index contributed by atoms with van der Waals surface area (Å²) in [5.74, 6) is 1.66. The molecule has 0 spiro atoms. The van der Waals surface area contributed by atoms with E-state index in [4.69, 9.17) is 9.26 Å². The van der Waals surface area contributed by atoms with E-state index in [-0.39, 0.29) is 17.2 Å². The SMILES string of the molecule is CCCCn1nc(C(=O)NCCCCCc2nc(-c3ccc(OC)cc3)no2)ccc1=O. The highest BCUT2D eigenvalue weighted by molar-refractivity contribution is 5.91. The maximum atomic E-state index is 12.3. The Labute approximate surface area is 186 Å². The second kappa shape index (κ2) is 11.8. The Kier molecular flexibility index (Phi) is 8.53. The highest BCUT2D eigenvalue weighted by Gasteiger charge is 2.10. The average Bonchev–Trinajstić information content (AvgIpc) is 3.29. The summed E-state index contributed by atoms with van der Waals surface area (Å²) in [7, 11) is 1.62. The molecule has 2 aromatic heterocycles. The van der Waals surface area contributed by atoms with Crippen LogP contribution in [0.3, 0.4) is 0 Å². The van der Waals surface area contributed by atoms with Crippen molar-refractivity contribution in [1.82, 2.24) is 25.2 Å². The lowest BCUT2D eigenvalue weighted by Gasteiger charge is -2.07. The zero-order valence-corrected chi connectivity index (χ0v) is 18.5. The van der Waals surface area contributed by atoms with Gasteiger partial charge in [-0.05, 0) is 49.6 Å². The van der Waals surface area contributed by atoms with Crippen LogP contribution in [0.4, 0.5) is 0 Å². The zero-order chi connectivity index (χ0) is 22.8. The number of benzene rings is 1. The van der Waals surface area contributed by atoms with Crippen LogP contribution >= 0.6 is 0 Å². The number of nitrogens with one attached hydrogen (secondary N) is 1. The van der Waals surface area contributed by atoms with Crippen molar-refractivity contribution in [2.75, 3.05) is 13.7 Å². The molecule has 170 valence electrons. The smallest absolute Gasteiger partial charge is 0.271 e. The largest absolute Gasteiger partial charge is 0.497 e. The van der Waals surface area contributed by atoms with Crippen LogP contribution in [-0.2, 0) is 13.0 Å². The average molecular weight is 440 g/mol. The van der Waals surface area contributed by atoms with E-state index < -0.39 is 0 Å². The van der Waals surface area contributed by atoms with Gasteiger partial charge in [-0.1, -0.05) is 24.9 Å². The molecule has 9 heteroatoms. The van der Waals surface area contributed by atoms with E-state index in [1.165, 1.54) is 16.8 Å². The molecule has 0 fully saturated rings. The molecule has 0 aliphatic carbocycles. The van der Waals surface area contributed by atoms with Crippen molar-refractivity contribution in [3.05, 3.63) is 58.3 Å². The van der Waals surface area contributed by atoms with Crippen molar-refractivity contribution in [1.29, 1.82) is 0 Å². The maximum Gasteiger partial charge on any atom is 0.271 e. The van der Waals surface area contributed by atoms with Crippen LogP contribution < -0.4 is 15.6 Å². The molecule has 0 aliphatic heterocycles. The molecule has 9 nitrogen and oxygen atoms in total. The van der Waals surface area contributed by atoms with Crippen molar-refractivity contribution >= 4 is 5.91 Å². The number of hydrogen-bond donors (Lipinski definition) is 1. The first-order chi connectivity index (χ1) is 15.6. The van der Waals surface area contributed by atoms with Crippen LogP contribution in [-0.4, -0.2) is 39.5 Å². The Balaban J connectivity index is 1.37. The number of hydrogen-bond acceptors (Lipinski definition) is 7. The quantitative estimate of drug-likeness (QED) is 0.431. The number of amides is 1. The number of nitrogens with zero attached hydrogens (tertiary/aromatic N) is 4. The van der Waals surface area contributed by atoms with Gasteiger partial charge < -0.3 is 14.6 Å². The molecule has 0 atom stereocenters. The van der Waals surface area contributed by atoms with E-state index in [9.17, 15) is 9.59 Å². The van der Waals surface area contributed by atoms with Gasteiger partial charge >= 0.3 is 0 Å². The van der Waals surface area contributed by atoms with E-state index in [1.54, 1.807) is 7.11 Å². The van der Waals surface area contributed by atoms with E-state index >= 15 is 0 Å². The monoisotopic (exact) mass is 439 g/mol. The van der Waals surface area contributed by atoms with E-state index in [2.05, 4.69) is 20.6 Å². The molecular weight excluding hydrogens is 410 g/mol. The Morgan fingerprint density at radius 2 is 1.91 bits per heavy atom. The molecule has 1 aromatic carbocycles. The highest BCUT2D eigenvalue weighted by atomic mass is 16.5. The zero-order valence-electron chi connectivity index (χ0n) is 18.5. The van der Waals surface area contributed by atoms with E-state index in [1.807, 2.05) is 31.2 Å². The minimum atomic E-state index is -0.267.